The number of aliphatic hydroxyl groups is 1. The fourth-order valence-corrected chi connectivity index (χ4v) is 7.24. The molecule has 7 atom stereocenters. The van der Waals surface area contributed by atoms with E-state index < -0.39 is 5.60 Å². The zero-order valence-electron chi connectivity index (χ0n) is 14.5. The summed E-state index contributed by atoms with van der Waals surface area (Å²) in [6, 6.07) is 0. The van der Waals surface area contributed by atoms with Crippen LogP contribution in [0, 0.1) is 22.7 Å². The number of fused-ring (bicyclic) bond motifs is 3. The van der Waals surface area contributed by atoms with Gasteiger partial charge in [0.25, 0.3) is 0 Å². The number of carbonyl (C=O) groups is 1. The fraction of sp³-hybridized carbons (Fsp3) is 0.850. The van der Waals surface area contributed by atoms with Crippen LogP contribution in [0.2, 0.25) is 0 Å². The summed E-state index contributed by atoms with van der Waals surface area (Å²) in [5.41, 5.74) is 0.785. The van der Waals surface area contributed by atoms with E-state index >= 15 is 0 Å². The van der Waals surface area contributed by atoms with Crippen LogP contribution in [0.4, 0.5) is 0 Å². The van der Waals surface area contributed by atoms with Gasteiger partial charge in [0.1, 0.15) is 5.60 Å². The lowest BCUT2D eigenvalue weighted by molar-refractivity contribution is -0.118. The second-order valence-corrected chi connectivity index (χ2v) is 9.55. The van der Waals surface area contributed by atoms with E-state index in [-0.39, 0.29) is 22.5 Å². The Morgan fingerprint density at radius 3 is 2.70 bits per heavy atom. The third kappa shape index (κ3) is 1.44. The van der Waals surface area contributed by atoms with Crippen molar-refractivity contribution in [1.29, 1.82) is 0 Å². The quantitative estimate of drug-likeness (QED) is 0.697. The molecule has 0 aromatic heterocycles. The predicted octanol–water partition coefficient (Wildman–Crippen LogP) is 3.40. The Morgan fingerprint density at radius 1 is 1.13 bits per heavy atom. The van der Waals surface area contributed by atoms with Crippen molar-refractivity contribution in [3.8, 4) is 0 Å². The van der Waals surface area contributed by atoms with Gasteiger partial charge in [0.15, 0.2) is 5.78 Å². The molecule has 1 heterocycles. The number of ketones is 1. The van der Waals surface area contributed by atoms with E-state index in [1.807, 2.05) is 13.0 Å². The average molecular weight is 316 g/mol. The molecule has 0 radical (unpaired) electrons. The van der Waals surface area contributed by atoms with Crippen LogP contribution in [0.1, 0.15) is 65.7 Å². The van der Waals surface area contributed by atoms with E-state index in [1.165, 1.54) is 5.57 Å². The lowest BCUT2D eigenvalue weighted by Crippen LogP contribution is -2.59. The molecule has 4 fully saturated rings. The largest absolute Gasteiger partial charge is 0.390 e. The Labute approximate surface area is 138 Å². The molecule has 0 unspecified atom stereocenters. The van der Waals surface area contributed by atoms with Crippen molar-refractivity contribution in [2.75, 3.05) is 0 Å². The second-order valence-electron chi connectivity index (χ2n) is 9.55. The Kier molecular flexibility index (Phi) is 2.51. The van der Waals surface area contributed by atoms with Gasteiger partial charge < -0.3 is 9.84 Å². The molecular formula is C20H28O3. The molecule has 3 saturated carbocycles. The Morgan fingerprint density at radius 2 is 1.91 bits per heavy atom. The van der Waals surface area contributed by atoms with E-state index in [2.05, 4.69) is 13.8 Å². The minimum Gasteiger partial charge on any atom is -0.390 e. The highest BCUT2D eigenvalue weighted by atomic mass is 16.6. The minimum absolute atomic E-state index is 0.00953. The molecule has 0 aromatic rings. The van der Waals surface area contributed by atoms with Gasteiger partial charge in [0.05, 0.1) is 11.7 Å². The lowest BCUT2D eigenvalue weighted by atomic mass is 9.46. The standard InChI is InChI=1S/C20H28O3/c1-17-8-6-13(21)10-12(17)4-5-15-14-7-9-19(3,22)18(14,2)11-16-20(15,17)23-16/h10,14-16,22H,4-9,11H2,1-3H3/t14-,15-,16-,17-,18-,19-,20-/m0/s1. The van der Waals surface area contributed by atoms with Crippen LogP contribution in [0.25, 0.3) is 0 Å². The molecule has 1 aliphatic heterocycles. The van der Waals surface area contributed by atoms with Gasteiger partial charge in [-0.1, -0.05) is 19.4 Å². The number of hydrogen-bond acceptors (Lipinski definition) is 3. The summed E-state index contributed by atoms with van der Waals surface area (Å²) in [6.45, 7) is 6.69. The number of ether oxygens (including phenoxy) is 1. The topological polar surface area (TPSA) is 49.8 Å². The third-order valence-electron chi connectivity index (χ3n) is 8.90. The van der Waals surface area contributed by atoms with Crippen molar-refractivity contribution in [2.45, 2.75) is 83.0 Å². The van der Waals surface area contributed by atoms with Gasteiger partial charge in [-0.2, -0.15) is 0 Å². The molecule has 5 aliphatic rings. The zero-order valence-corrected chi connectivity index (χ0v) is 14.5. The molecule has 0 aromatic carbocycles. The first-order chi connectivity index (χ1) is 10.7. The SMILES string of the molecule is C[C@]1(O)CC[C@H]2[C@@H]3CCC4=CC(=O)CC[C@]4(C)[C@]34O[C@H]4C[C@@]21C. The first-order valence-electron chi connectivity index (χ1n) is 9.39. The van der Waals surface area contributed by atoms with Crippen molar-refractivity contribution in [3.63, 3.8) is 0 Å². The van der Waals surface area contributed by atoms with E-state index in [0.29, 0.717) is 24.0 Å². The van der Waals surface area contributed by atoms with E-state index in [0.717, 1.165) is 38.5 Å². The van der Waals surface area contributed by atoms with E-state index in [4.69, 9.17) is 4.74 Å². The maximum absolute atomic E-state index is 11.9. The first-order valence-corrected chi connectivity index (χ1v) is 9.39. The maximum atomic E-state index is 11.9. The molecule has 4 aliphatic carbocycles. The van der Waals surface area contributed by atoms with E-state index in [1.54, 1.807) is 0 Å². The number of epoxide rings is 1. The minimum atomic E-state index is -0.560. The molecular weight excluding hydrogens is 288 g/mol. The third-order valence-corrected chi connectivity index (χ3v) is 8.90. The number of carbonyl (C=O) groups excluding carboxylic acids is 1. The highest BCUT2D eigenvalue weighted by Crippen LogP contribution is 2.76. The normalized spacial score (nSPS) is 60.3. The van der Waals surface area contributed by atoms with Crippen LogP contribution in [-0.4, -0.2) is 28.2 Å². The smallest absolute Gasteiger partial charge is 0.155 e. The summed E-state index contributed by atoms with van der Waals surface area (Å²) in [6.07, 6.45) is 9.03. The summed E-state index contributed by atoms with van der Waals surface area (Å²) >= 11 is 0. The van der Waals surface area contributed by atoms with Crippen LogP contribution < -0.4 is 0 Å². The predicted molar refractivity (Wildman–Crippen MR) is 86.8 cm³/mol. The zero-order chi connectivity index (χ0) is 16.3. The monoisotopic (exact) mass is 316 g/mol. The van der Waals surface area contributed by atoms with Gasteiger partial charge in [0.2, 0.25) is 0 Å². The molecule has 126 valence electrons. The summed E-state index contributed by atoms with van der Waals surface area (Å²) in [5, 5.41) is 11.0. The number of hydrogen-bond donors (Lipinski definition) is 1. The summed E-state index contributed by atoms with van der Waals surface area (Å²) in [5.74, 6) is 1.41. The van der Waals surface area contributed by atoms with Crippen LogP contribution in [-0.2, 0) is 9.53 Å². The van der Waals surface area contributed by atoms with E-state index in [9.17, 15) is 9.90 Å². The van der Waals surface area contributed by atoms with Gasteiger partial charge in [-0.15, -0.1) is 0 Å². The highest BCUT2D eigenvalue weighted by molar-refractivity contribution is 5.91. The maximum Gasteiger partial charge on any atom is 0.155 e. The summed E-state index contributed by atoms with van der Waals surface area (Å²) in [7, 11) is 0. The second kappa shape index (κ2) is 3.94. The molecule has 3 heteroatoms. The van der Waals surface area contributed by atoms with Gasteiger partial charge in [-0.25, -0.2) is 0 Å². The average Bonchev–Trinajstić information content (AvgIpc) is 3.14. The Balaban J connectivity index is 1.60. The van der Waals surface area contributed by atoms with Gasteiger partial charge in [-0.3, -0.25) is 4.79 Å². The van der Waals surface area contributed by atoms with Crippen LogP contribution in [0.15, 0.2) is 11.6 Å². The Hall–Kier alpha value is -0.670. The fourth-order valence-electron chi connectivity index (χ4n) is 7.24. The summed E-state index contributed by atoms with van der Waals surface area (Å²) in [4.78, 5) is 11.9. The van der Waals surface area contributed by atoms with Crippen LogP contribution in [0.3, 0.4) is 0 Å². The molecule has 1 N–H and O–H groups in total. The van der Waals surface area contributed by atoms with Crippen molar-refractivity contribution in [3.05, 3.63) is 11.6 Å². The number of rotatable bonds is 0. The van der Waals surface area contributed by atoms with Gasteiger partial charge >= 0.3 is 0 Å². The highest BCUT2D eigenvalue weighted by Gasteiger charge is 2.80. The van der Waals surface area contributed by atoms with Gasteiger partial charge in [0, 0.05) is 17.3 Å². The Bertz CT molecular complexity index is 635. The molecule has 1 spiro atoms. The summed E-state index contributed by atoms with van der Waals surface area (Å²) < 4.78 is 6.51. The van der Waals surface area contributed by atoms with Crippen molar-refractivity contribution in [2.24, 2.45) is 22.7 Å². The van der Waals surface area contributed by atoms with Crippen LogP contribution >= 0.6 is 0 Å². The first kappa shape index (κ1) is 14.7. The van der Waals surface area contributed by atoms with Crippen LogP contribution in [0.5, 0.6) is 0 Å². The molecule has 5 rings (SSSR count). The molecule has 3 nitrogen and oxygen atoms in total. The van der Waals surface area contributed by atoms with Crippen molar-refractivity contribution < 1.29 is 14.6 Å². The van der Waals surface area contributed by atoms with Crippen molar-refractivity contribution in [1.82, 2.24) is 0 Å². The lowest BCUT2D eigenvalue weighted by Gasteiger charge is -2.56. The molecule has 0 amide bonds. The van der Waals surface area contributed by atoms with Gasteiger partial charge in [-0.05, 0) is 63.4 Å². The molecule has 0 bridgehead atoms. The molecule has 23 heavy (non-hydrogen) atoms. The van der Waals surface area contributed by atoms with Crippen molar-refractivity contribution >= 4 is 5.78 Å². The molecule has 1 saturated heterocycles.